The molecule has 1 unspecified atom stereocenters. The first-order chi connectivity index (χ1) is 12.5. The number of hydrogen-bond acceptors (Lipinski definition) is 1. The monoisotopic (exact) mass is 344 g/mol. The first kappa shape index (κ1) is 16.3. The fourth-order valence-electron chi connectivity index (χ4n) is 6.52. The Bertz CT molecular complexity index is 855. The lowest BCUT2D eigenvalue weighted by molar-refractivity contribution is -0.114. The van der Waals surface area contributed by atoms with Crippen LogP contribution in [0.5, 0.6) is 0 Å². The highest BCUT2D eigenvalue weighted by Crippen LogP contribution is 2.64. The van der Waals surface area contributed by atoms with Crippen molar-refractivity contribution in [3.63, 3.8) is 0 Å². The fraction of sp³-hybridized carbons (Fsp3) is 0.480. The molecule has 0 aromatic heterocycles. The number of carbonyl (C=O) groups is 1. The number of carbonyl (C=O) groups excluding carboxylic acids is 1. The molecule has 1 aromatic rings. The van der Waals surface area contributed by atoms with Crippen LogP contribution < -0.4 is 0 Å². The predicted molar refractivity (Wildman–Crippen MR) is 106 cm³/mol. The van der Waals surface area contributed by atoms with Crippen molar-refractivity contribution in [2.75, 3.05) is 0 Å². The third kappa shape index (κ3) is 2.06. The molecule has 0 N–H and O–H groups in total. The maximum atomic E-state index is 11.8. The minimum absolute atomic E-state index is 0.213. The van der Waals surface area contributed by atoms with Gasteiger partial charge in [0, 0.05) is 11.8 Å². The first-order valence-electron chi connectivity index (χ1n) is 10.2. The van der Waals surface area contributed by atoms with E-state index in [1.807, 2.05) is 6.08 Å². The highest BCUT2D eigenvalue weighted by atomic mass is 16.1. The summed E-state index contributed by atoms with van der Waals surface area (Å²) >= 11 is 0. The summed E-state index contributed by atoms with van der Waals surface area (Å²) in [6.07, 6.45) is 13.5. The van der Waals surface area contributed by atoms with Crippen molar-refractivity contribution in [1.29, 1.82) is 0 Å². The van der Waals surface area contributed by atoms with Crippen molar-refractivity contribution in [1.82, 2.24) is 0 Å². The molecule has 4 atom stereocenters. The Kier molecular flexibility index (Phi) is 3.48. The molecule has 0 heterocycles. The Morgan fingerprint density at radius 3 is 2.62 bits per heavy atom. The van der Waals surface area contributed by atoms with Crippen molar-refractivity contribution < 1.29 is 4.79 Å². The summed E-state index contributed by atoms with van der Waals surface area (Å²) in [6.45, 7) is 4.99. The Morgan fingerprint density at radius 1 is 1.00 bits per heavy atom. The van der Waals surface area contributed by atoms with Crippen LogP contribution in [0.1, 0.15) is 57.9 Å². The second-order valence-electron chi connectivity index (χ2n) is 9.17. The maximum Gasteiger partial charge on any atom is 0.156 e. The fourth-order valence-corrected chi connectivity index (χ4v) is 6.52. The molecule has 1 saturated carbocycles. The van der Waals surface area contributed by atoms with E-state index in [1.54, 1.807) is 5.57 Å². The van der Waals surface area contributed by atoms with Gasteiger partial charge in [0.1, 0.15) is 0 Å². The minimum Gasteiger partial charge on any atom is -0.295 e. The number of allylic oxidation sites excluding steroid dienone is 6. The van der Waals surface area contributed by atoms with Crippen LogP contribution in [0.15, 0.2) is 65.3 Å². The lowest BCUT2D eigenvalue weighted by atomic mass is 9.54. The zero-order valence-corrected chi connectivity index (χ0v) is 15.9. The smallest absolute Gasteiger partial charge is 0.156 e. The molecule has 1 aromatic carbocycles. The zero-order valence-electron chi connectivity index (χ0n) is 15.9. The summed E-state index contributed by atoms with van der Waals surface area (Å²) in [7, 11) is 0. The molecule has 5 rings (SSSR count). The summed E-state index contributed by atoms with van der Waals surface area (Å²) in [4.78, 5) is 11.8. The second-order valence-corrected chi connectivity index (χ2v) is 9.17. The lowest BCUT2D eigenvalue weighted by Gasteiger charge is -2.50. The van der Waals surface area contributed by atoms with E-state index in [9.17, 15) is 4.79 Å². The van der Waals surface area contributed by atoms with Gasteiger partial charge in [-0.3, -0.25) is 4.79 Å². The highest BCUT2D eigenvalue weighted by molar-refractivity contribution is 5.93. The normalized spacial score (nSPS) is 38.5. The molecule has 0 bridgehead atoms. The van der Waals surface area contributed by atoms with E-state index < -0.39 is 0 Å². The summed E-state index contributed by atoms with van der Waals surface area (Å²) in [5.74, 6) is 1.72. The van der Waals surface area contributed by atoms with Crippen molar-refractivity contribution in [3.05, 3.63) is 70.8 Å². The predicted octanol–water partition coefficient (Wildman–Crippen LogP) is 5.93. The lowest BCUT2D eigenvalue weighted by Crippen LogP contribution is -2.44. The van der Waals surface area contributed by atoms with Gasteiger partial charge in [-0.1, -0.05) is 56.3 Å². The van der Waals surface area contributed by atoms with E-state index in [1.165, 1.54) is 36.0 Å². The summed E-state index contributed by atoms with van der Waals surface area (Å²) in [5.41, 5.74) is 6.33. The van der Waals surface area contributed by atoms with Crippen LogP contribution in [-0.4, -0.2) is 5.78 Å². The molecule has 134 valence electrons. The molecule has 4 aliphatic rings. The number of benzene rings is 1. The zero-order chi connectivity index (χ0) is 17.9. The van der Waals surface area contributed by atoms with E-state index in [0.29, 0.717) is 18.1 Å². The highest BCUT2D eigenvalue weighted by Gasteiger charge is 2.57. The van der Waals surface area contributed by atoms with Crippen LogP contribution in [0, 0.1) is 17.3 Å². The number of hydrogen-bond donors (Lipinski definition) is 0. The van der Waals surface area contributed by atoms with Gasteiger partial charge in [0.25, 0.3) is 0 Å². The minimum atomic E-state index is 0.213. The SMILES string of the molecule is C[C@]12C=CC3=C4CCC(=O)C=C4CCC3[C@@H]1CC[C@]2(C)c1ccccc1. The molecular weight excluding hydrogens is 316 g/mol. The topological polar surface area (TPSA) is 17.1 Å². The van der Waals surface area contributed by atoms with Crippen LogP contribution in [0.2, 0.25) is 0 Å². The molecule has 26 heavy (non-hydrogen) atoms. The Balaban J connectivity index is 1.61. The first-order valence-corrected chi connectivity index (χ1v) is 10.2. The summed E-state index contributed by atoms with van der Waals surface area (Å²) in [5, 5.41) is 0. The van der Waals surface area contributed by atoms with Gasteiger partial charge in [-0.15, -0.1) is 0 Å². The molecule has 0 spiro atoms. The van der Waals surface area contributed by atoms with Crippen LogP contribution in [0.25, 0.3) is 0 Å². The largest absolute Gasteiger partial charge is 0.295 e. The van der Waals surface area contributed by atoms with Gasteiger partial charge < -0.3 is 0 Å². The van der Waals surface area contributed by atoms with E-state index in [0.717, 1.165) is 18.8 Å². The second kappa shape index (κ2) is 5.55. The summed E-state index contributed by atoms with van der Waals surface area (Å²) in [6, 6.07) is 11.1. The third-order valence-corrected chi connectivity index (χ3v) is 8.24. The quantitative estimate of drug-likeness (QED) is 0.617. The van der Waals surface area contributed by atoms with Gasteiger partial charge in [-0.05, 0) is 77.7 Å². The Morgan fingerprint density at radius 2 is 1.81 bits per heavy atom. The van der Waals surface area contributed by atoms with Crippen molar-refractivity contribution in [3.8, 4) is 0 Å². The maximum absolute atomic E-state index is 11.8. The van der Waals surface area contributed by atoms with Gasteiger partial charge in [0.05, 0.1) is 0 Å². The van der Waals surface area contributed by atoms with Gasteiger partial charge >= 0.3 is 0 Å². The standard InChI is InChI=1S/C25H28O/c1-24(18-6-4-3-5-7-18)15-13-23-22-10-8-17-16-19(26)9-11-20(17)21(22)12-14-25(23,24)2/h3-7,12,14,16,22-23H,8-11,13,15H2,1-2H3/t22?,23-,24+,25-/m0/s1. The average Bonchev–Trinajstić information content (AvgIpc) is 2.94. The molecule has 0 aliphatic heterocycles. The molecule has 0 amide bonds. The molecule has 0 saturated heterocycles. The average molecular weight is 344 g/mol. The van der Waals surface area contributed by atoms with Gasteiger partial charge in [-0.25, -0.2) is 0 Å². The third-order valence-electron chi connectivity index (χ3n) is 8.24. The van der Waals surface area contributed by atoms with Crippen molar-refractivity contribution in [2.45, 2.75) is 57.8 Å². The Hall–Kier alpha value is -1.89. The van der Waals surface area contributed by atoms with Crippen LogP contribution >= 0.6 is 0 Å². The summed E-state index contributed by atoms with van der Waals surface area (Å²) < 4.78 is 0. The molecule has 0 radical (unpaired) electrons. The van der Waals surface area contributed by atoms with E-state index in [4.69, 9.17) is 0 Å². The molecule has 4 aliphatic carbocycles. The van der Waals surface area contributed by atoms with Crippen LogP contribution in [0.4, 0.5) is 0 Å². The van der Waals surface area contributed by atoms with E-state index in [2.05, 4.69) is 56.3 Å². The number of fused-ring (bicyclic) bond motifs is 4. The molecule has 1 nitrogen and oxygen atoms in total. The van der Waals surface area contributed by atoms with Gasteiger partial charge in [0.2, 0.25) is 0 Å². The van der Waals surface area contributed by atoms with E-state index in [-0.39, 0.29) is 10.8 Å². The molecular formula is C25H28O. The van der Waals surface area contributed by atoms with Crippen LogP contribution in [0.3, 0.4) is 0 Å². The Labute approximate surface area is 156 Å². The molecule has 1 heteroatoms. The van der Waals surface area contributed by atoms with Crippen molar-refractivity contribution in [2.24, 2.45) is 17.3 Å². The van der Waals surface area contributed by atoms with Gasteiger partial charge in [-0.2, -0.15) is 0 Å². The van der Waals surface area contributed by atoms with E-state index >= 15 is 0 Å². The van der Waals surface area contributed by atoms with Crippen LogP contribution in [-0.2, 0) is 10.2 Å². The molecule has 1 fully saturated rings. The van der Waals surface area contributed by atoms with Gasteiger partial charge in [0.15, 0.2) is 5.78 Å². The van der Waals surface area contributed by atoms with Crippen molar-refractivity contribution >= 4 is 5.78 Å². The number of ketones is 1. The number of rotatable bonds is 1.